The Morgan fingerprint density at radius 1 is 1.42 bits per heavy atom. The predicted octanol–water partition coefficient (Wildman–Crippen LogP) is -1.54. The smallest absolute Gasteiger partial charge is 0.269 e. The molecule has 8 heteroatoms. The number of carbonyl (C=O) groups excluding carboxylic acids is 2. The van der Waals surface area contributed by atoms with Crippen molar-refractivity contribution in [2.24, 2.45) is 17.4 Å². The van der Waals surface area contributed by atoms with E-state index in [-0.39, 0.29) is 36.9 Å². The quantitative estimate of drug-likeness (QED) is 0.474. The zero-order valence-electron chi connectivity index (χ0n) is 10.6. The van der Waals surface area contributed by atoms with Gasteiger partial charge in [-0.2, -0.15) is 0 Å². The van der Waals surface area contributed by atoms with E-state index in [0.717, 1.165) is 0 Å². The summed E-state index contributed by atoms with van der Waals surface area (Å²) in [5.74, 6) is -1.93. The molecule has 2 atom stereocenters. The van der Waals surface area contributed by atoms with Crippen LogP contribution in [0.3, 0.4) is 0 Å². The van der Waals surface area contributed by atoms with Gasteiger partial charge in [0.2, 0.25) is 0 Å². The first-order valence-corrected chi connectivity index (χ1v) is 5.82. The number of carbonyl (C=O) groups is 2. The fourth-order valence-electron chi connectivity index (χ4n) is 1.67. The van der Waals surface area contributed by atoms with Crippen molar-refractivity contribution in [2.45, 2.75) is 26.0 Å². The summed E-state index contributed by atoms with van der Waals surface area (Å²) in [5, 5.41) is 18.6. The van der Waals surface area contributed by atoms with Crippen LogP contribution >= 0.6 is 0 Å². The number of aliphatic hydroxyl groups is 2. The second-order valence-electron chi connectivity index (χ2n) is 4.38. The standard InChI is InChI=1S/C11H18N4O4/c1-6(4-16)7(17)2-3-15-5-14-8(10(12)18)9(15)11(13)19/h5-7,16-17H,2-4H2,1H3,(H2,12,18)(H2,13,19)/t6?,7-/m1/s1. The van der Waals surface area contributed by atoms with Crippen molar-refractivity contribution in [1.29, 1.82) is 0 Å². The Hall–Kier alpha value is -1.93. The van der Waals surface area contributed by atoms with Crippen LogP contribution < -0.4 is 11.5 Å². The van der Waals surface area contributed by atoms with Crippen LogP contribution in [0.4, 0.5) is 0 Å². The number of rotatable bonds is 7. The molecule has 0 aliphatic carbocycles. The molecule has 2 amide bonds. The van der Waals surface area contributed by atoms with Crippen LogP contribution in [-0.4, -0.2) is 44.3 Å². The van der Waals surface area contributed by atoms with E-state index in [1.807, 2.05) is 0 Å². The number of nitrogens with zero attached hydrogens (tertiary/aromatic N) is 2. The number of aromatic nitrogens is 2. The molecule has 1 rings (SSSR count). The van der Waals surface area contributed by atoms with Gasteiger partial charge in [0, 0.05) is 19.1 Å². The predicted molar refractivity (Wildman–Crippen MR) is 66.1 cm³/mol. The van der Waals surface area contributed by atoms with Crippen molar-refractivity contribution < 1.29 is 19.8 Å². The third kappa shape index (κ3) is 3.52. The summed E-state index contributed by atoms with van der Waals surface area (Å²) in [6.07, 6.45) is 0.831. The fourth-order valence-corrected chi connectivity index (χ4v) is 1.67. The first-order valence-electron chi connectivity index (χ1n) is 5.82. The molecule has 1 aromatic heterocycles. The highest BCUT2D eigenvalue weighted by atomic mass is 16.3. The minimum Gasteiger partial charge on any atom is -0.396 e. The number of aliphatic hydroxyl groups excluding tert-OH is 2. The zero-order chi connectivity index (χ0) is 14.6. The lowest BCUT2D eigenvalue weighted by atomic mass is 10.0. The molecule has 0 spiro atoms. The maximum absolute atomic E-state index is 11.3. The topological polar surface area (TPSA) is 144 Å². The van der Waals surface area contributed by atoms with E-state index in [4.69, 9.17) is 16.6 Å². The minimum absolute atomic E-state index is 0.0728. The van der Waals surface area contributed by atoms with Crippen molar-refractivity contribution in [1.82, 2.24) is 9.55 Å². The highest BCUT2D eigenvalue weighted by Crippen LogP contribution is 2.11. The minimum atomic E-state index is -0.836. The Bertz CT molecular complexity index is 471. The van der Waals surface area contributed by atoms with Gasteiger partial charge in [0.15, 0.2) is 5.69 Å². The Kier molecular flexibility index (Phi) is 5.02. The molecule has 1 aromatic rings. The van der Waals surface area contributed by atoms with Gasteiger partial charge in [0.25, 0.3) is 11.8 Å². The average molecular weight is 270 g/mol. The van der Waals surface area contributed by atoms with Gasteiger partial charge in [0.05, 0.1) is 12.4 Å². The van der Waals surface area contributed by atoms with Gasteiger partial charge in [-0.1, -0.05) is 6.92 Å². The molecule has 1 heterocycles. The summed E-state index contributed by atoms with van der Waals surface area (Å²) in [6.45, 7) is 1.80. The molecule has 0 aliphatic rings. The van der Waals surface area contributed by atoms with E-state index < -0.39 is 17.9 Å². The number of imidazole rings is 1. The molecule has 1 unspecified atom stereocenters. The highest BCUT2D eigenvalue weighted by Gasteiger charge is 2.21. The number of amides is 2. The molecule has 0 aromatic carbocycles. The van der Waals surface area contributed by atoms with Gasteiger partial charge in [-0.3, -0.25) is 9.59 Å². The van der Waals surface area contributed by atoms with E-state index in [9.17, 15) is 14.7 Å². The molecular weight excluding hydrogens is 252 g/mol. The third-order valence-corrected chi connectivity index (χ3v) is 2.92. The van der Waals surface area contributed by atoms with Crippen LogP contribution in [0.15, 0.2) is 6.33 Å². The number of nitrogens with two attached hydrogens (primary N) is 2. The van der Waals surface area contributed by atoms with Gasteiger partial charge < -0.3 is 26.2 Å². The monoisotopic (exact) mass is 270 g/mol. The largest absolute Gasteiger partial charge is 0.396 e. The van der Waals surface area contributed by atoms with Crippen LogP contribution in [-0.2, 0) is 6.54 Å². The summed E-state index contributed by atoms with van der Waals surface area (Å²) in [7, 11) is 0. The first-order chi connectivity index (χ1) is 8.88. The Balaban J connectivity index is 2.85. The molecule has 0 saturated heterocycles. The third-order valence-electron chi connectivity index (χ3n) is 2.92. The maximum Gasteiger partial charge on any atom is 0.269 e. The summed E-state index contributed by atoms with van der Waals surface area (Å²) in [4.78, 5) is 26.1. The normalized spacial score (nSPS) is 14.1. The molecule has 8 nitrogen and oxygen atoms in total. The molecule has 0 radical (unpaired) electrons. The van der Waals surface area contributed by atoms with Gasteiger partial charge in [0.1, 0.15) is 5.69 Å². The van der Waals surface area contributed by atoms with Gasteiger partial charge in [-0.25, -0.2) is 4.98 Å². The SMILES string of the molecule is CC(CO)[C@H](O)CCn1cnc(C(N)=O)c1C(N)=O. The Labute approximate surface area is 110 Å². The van der Waals surface area contributed by atoms with Crippen LogP contribution in [0.5, 0.6) is 0 Å². The molecule has 0 bridgehead atoms. The number of hydrogen-bond acceptors (Lipinski definition) is 5. The molecule has 19 heavy (non-hydrogen) atoms. The second-order valence-corrected chi connectivity index (χ2v) is 4.38. The van der Waals surface area contributed by atoms with Crippen molar-refractivity contribution in [3.63, 3.8) is 0 Å². The van der Waals surface area contributed by atoms with Gasteiger partial charge >= 0.3 is 0 Å². The Morgan fingerprint density at radius 2 is 2.05 bits per heavy atom. The number of primary amides is 2. The zero-order valence-corrected chi connectivity index (χ0v) is 10.6. The Morgan fingerprint density at radius 3 is 2.53 bits per heavy atom. The summed E-state index contributed by atoms with van der Waals surface area (Å²) in [6, 6.07) is 0. The van der Waals surface area contributed by atoms with Gasteiger partial charge in [-0.05, 0) is 6.42 Å². The summed E-state index contributed by atoms with van der Waals surface area (Å²) < 4.78 is 1.37. The lowest BCUT2D eigenvalue weighted by Crippen LogP contribution is -2.26. The summed E-state index contributed by atoms with van der Waals surface area (Å²) >= 11 is 0. The van der Waals surface area contributed by atoms with E-state index >= 15 is 0 Å². The number of hydrogen-bond donors (Lipinski definition) is 4. The van der Waals surface area contributed by atoms with E-state index in [1.165, 1.54) is 10.9 Å². The molecule has 0 aliphatic heterocycles. The number of aryl methyl sites for hydroxylation is 1. The van der Waals surface area contributed by atoms with E-state index in [0.29, 0.717) is 0 Å². The van der Waals surface area contributed by atoms with E-state index in [2.05, 4.69) is 4.98 Å². The van der Waals surface area contributed by atoms with Crippen LogP contribution in [0.25, 0.3) is 0 Å². The van der Waals surface area contributed by atoms with Crippen molar-refractivity contribution in [3.8, 4) is 0 Å². The van der Waals surface area contributed by atoms with Gasteiger partial charge in [-0.15, -0.1) is 0 Å². The molecule has 0 saturated carbocycles. The second kappa shape index (κ2) is 6.30. The summed E-state index contributed by atoms with van der Waals surface area (Å²) in [5.41, 5.74) is 10.0. The first kappa shape index (κ1) is 15.1. The average Bonchev–Trinajstić information content (AvgIpc) is 2.78. The van der Waals surface area contributed by atoms with Crippen LogP contribution in [0.1, 0.15) is 34.3 Å². The van der Waals surface area contributed by atoms with Crippen LogP contribution in [0.2, 0.25) is 0 Å². The maximum atomic E-state index is 11.3. The molecule has 106 valence electrons. The lowest BCUT2D eigenvalue weighted by Gasteiger charge is -2.17. The molecular formula is C11H18N4O4. The van der Waals surface area contributed by atoms with Crippen molar-refractivity contribution >= 4 is 11.8 Å². The highest BCUT2D eigenvalue weighted by molar-refractivity contribution is 6.03. The van der Waals surface area contributed by atoms with Crippen LogP contribution in [0, 0.1) is 5.92 Å². The molecule has 6 N–H and O–H groups in total. The molecule has 0 fully saturated rings. The van der Waals surface area contributed by atoms with Crippen molar-refractivity contribution in [2.75, 3.05) is 6.61 Å². The van der Waals surface area contributed by atoms with Crippen molar-refractivity contribution in [3.05, 3.63) is 17.7 Å². The fraction of sp³-hybridized carbons (Fsp3) is 0.545. The lowest BCUT2D eigenvalue weighted by molar-refractivity contribution is 0.0668. The van der Waals surface area contributed by atoms with E-state index in [1.54, 1.807) is 6.92 Å².